The summed E-state index contributed by atoms with van der Waals surface area (Å²) >= 11 is 0. The molecule has 2 aromatic rings. The van der Waals surface area contributed by atoms with Gasteiger partial charge in [-0.15, -0.1) is 0 Å². The molecule has 1 N–H and O–H groups in total. The third kappa shape index (κ3) is 2.17. The number of esters is 1. The van der Waals surface area contributed by atoms with Crippen LogP contribution in [0.2, 0.25) is 0 Å². The van der Waals surface area contributed by atoms with Gasteiger partial charge in [0.15, 0.2) is 0 Å². The fraction of sp³-hybridized carbons (Fsp3) is 0.308. The Hall–Kier alpha value is -1.81. The molecule has 90 valence electrons. The number of fused-ring (bicyclic) bond motifs is 1. The molecule has 0 bridgehead atoms. The lowest BCUT2D eigenvalue weighted by molar-refractivity contribution is 0.0558. The summed E-state index contributed by atoms with van der Waals surface area (Å²) in [6.07, 6.45) is 0. The molecule has 0 unspecified atom stereocenters. The van der Waals surface area contributed by atoms with Crippen LogP contribution in [0.4, 0.5) is 0 Å². The van der Waals surface area contributed by atoms with Crippen molar-refractivity contribution in [2.45, 2.75) is 19.4 Å². The number of hydrogen-bond donors (Lipinski definition) is 1. The molecule has 0 aliphatic heterocycles. The third-order valence-corrected chi connectivity index (χ3v) is 2.54. The second kappa shape index (κ2) is 3.89. The predicted molar refractivity (Wildman–Crippen MR) is 62.8 cm³/mol. The van der Waals surface area contributed by atoms with E-state index in [0.29, 0.717) is 16.9 Å². The van der Waals surface area contributed by atoms with Gasteiger partial charge in [0, 0.05) is 5.39 Å². The van der Waals surface area contributed by atoms with E-state index in [-0.39, 0.29) is 0 Å². The fourth-order valence-corrected chi connectivity index (χ4v) is 1.59. The normalized spacial score (nSPS) is 11.8. The molecule has 1 heterocycles. The van der Waals surface area contributed by atoms with Crippen LogP contribution < -0.4 is 0 Å². The van der Waals surface area contributed by atoms with Gasteiger partial charge in [0.05, 0.1) is 12.7 Å². The first kappa shape index (κ1) is 11.7. The number of carbonyl (C=O) groups is 1. The second-order valence-corrected chi connectivity index (χ2v) is 4.41. The predicted octanol–water partition coefficient (Wildman–Crippen LogP) is 2.45. The summed E-state index contributed by atoms with van der Waals surface area (Å²) in [5, 5.41) is 10.6. The van der Waals surface area contributed by atoms with Gasteiger partial charge in [0.1, 0.15) is 16.9 Å². The lowest BCUT2D eigenvalue weighted by Gasteiger charge is -2.12. The highest BCUT2D eigenvalue weighted by Crippen LogP contribution is 2.28. The molecule has 1 aromatic heterocycles. The van der Waals surface area contributed by atoms with Gasteiger partial charge in [-0.1, -0.05) is 0 Å². The Morgan fingerprint density at radius 2 is 2.06 bits per heavy atom. The summed E-state index contributed by atoms with van der Waals surface area (Å²) in [6.45, 7) is 3.29. The number of benzene rings is 1. The smallest absolute Gasteiger partial charge is 0.337 e. The van der Waals surface area contributed by atoms with Crippen molar-refractivity contribution in [2.24, 2.45) is 0 Å². The number of carbonyl (C=O) groups excluding carboxylic acids is 1. The van der Waals surface area contributed by atoms with Gasteiger partial charge < -0.3 is 14.3 Å². The molecule has 4 nitrogen and oxygen atoms in total. The maximum absolute atomic E-state index is 11.4. The first-order valence-electron chi connectivity index (χ1n) is 5.26. The van der Waals surface area contributed by atoms with Crippen LogP contribution in [-0.2, 0) is 10.3 Å². The van der Waals surface area contributed by atoms with Gasteiger partial charge in [0.2, 0.25) is 0 Å². The summed E-state index contributed by atoms with van der Waals surface area (Å²) in [6, 6.07) is 6.73. The van der Waals surface area contributed by atoms with E-state index in [4.69, 9.17) is 4.42 Å². The molecule has 0 saturated carbocycles. The van der Waals surface area contributed by atoms with Crippen LogP contribution in [0.1, 0.15) is 30.0 Å². The maximum atomic E-state index is 11.4. The number of hydrogen-bond acceptors (Lipinski definition) is 4. The Morgan fingerprint density at radius 3 is 2.65 bits per heavy atom. The highest BCUT2D eigenvalue weighted by molar-refractivity contribution is 5.94. The summed E-state index contributed by atoms with van der Waals surface area (Å²) in [4.78, 5) is 11.4. The quantitative estimate of drug-likeness (QED) is 0.811. The molecule has 0 atom stereocenters. The Labute approximate surface area is 98.8 Å². The number of ether oxygens (including phenoxy) is 1. The molecule has 0 spiro atoms. The van der Waals surface area contributed by atoms with E-state index in [0.717, 1.165) is 5.39 Å². The second-order valence-electron chi connectivity index (χ2n) is 4.41. The minimum atomic E-state index is -1.04. The van der Waals surface area contributed by atoms with Crippen molar-refractivity contribution in [3.63, 3.8) is 0 Å². The van der Waals surface area contributed by atoms with Crippen molar-refractivity contribution in [1.82, 2.24) is 0 Å². The van der Waals surface area contributed by atoms with Crippen LogP contribution in [0, 0.1) is 0 Å². The van der Waals surface area contributed by atoms with Gasteiger partial charge >= 0.3 is 5.97 Å². The van der Waals surface area contributed by atoms with Gasteiger partial charge in [-0.05, 0) is 38.1 Å². The average Bonchev–Trinajstić information content (AvgIpc) is 2.70. The first-order valence-corrected chi connectivity index (χ1v) is 5.26. The number of furan rings is 1. The number of aliphatic hydroxyl groups is 1. The zero-order valence-electron chi connectivity index (χ0n) is 9.98. The third-order valence-electron chi connectivity index (χ3n) is 2.54. The van der Waals surface area contributed by atoms with Crippen molar-refractivity contribution in [3.8, 4) is 0 Å². The average molecular weight is 234 g/mol. The van der Waals surface area contributed by atoms with E-state index >= 15 is 0 Å². The lowest BCUT2D eigenvalue weighted by atomic mass is 10.1. The van der Waals surface area contributed by atoms with Crippen molar-refractivity contribution < 1.29 is 19.1 Å². The molecule has 17 heavy (non-hydrogen) atoms. The van der Waals surface area contributed by atoms with E-state index in [9.17, 15) is 9.90 Å². The number of rotatable bonds is 2. The van der Waals surface area contributed by atoms with Crippen LogP contribution in [-0.4, -0.2) is 18.2 Å². The van der Waals surface area contributed by atoms with E-state index in [1.807, 2.05) is 0 Å². The van der Waals surface area contributed by atoms with Gasteiger partial charge in [-0.25, -0.2) is 4.79 Å². The van der Waals surface area contributed by atoms with E-state index in [2.05, 4.69) is 4.74 Å². The molecule has 0 radical (unpaired) electrons. The Morgan fingerprint density at radius 1 is 1.35 bits per heavy atom. The Balaban J connectivity index is 2.52. The molecule has 0 aliphatic rings. The molecule has 0 fully saturated rings. The largest absolute Gasteiger partial charge is 0.465 e. The van der Waals surface area contributed by atoms with Gasteiger partial charge in [-0.3, -0.25) is 0 Å². The maximum Gasteiger partial charge on any atom is 0.337 e. The molecule has 0 aliphatic carbocycles. The lowest BCUT2D eigenvalue weighted by Crippen LogP contribution is -2.13. The van der Waals surface area contributed by atoms with Crippen LogP contribution in [0.25, 0.3) is 11.0 Å². The zero-order chi connectivity index (χ0) is 12.6. The topological polar surface area (TPSA) is 59.7 Å². The van der Waals surface area contributed by atoms with Crippen molar-refractivity contribution in [3.05, 3.63) is 35.6 Å². The first-order chi connectivity index (χ1) is 7.91. The van der Waals surface area contributed by atoms with Crippen LogP contribution in [0.15, 0.2) is 28.7 Å². The summed E-state index contributed by atoms with van der Waals surface area (Å²) in [7, 11) is 1.34. The molecule has 1 aromatic carbocycles. The van der Waals surface area contributed by atoms with E-state index in [1.54, 1.807) is 38.1 Å². The number of methoxy groups -OCH3 is 1. The molecule has 2 rings (SSSR count). The van der Waals surface area contributed by atoms with Crippen molar-refractivity contribution in [2.75, 3.05) is 7.11 Å². The van der Waals surface area contributed by atoms with Gasteiger partial charge in [-0.2, -0.15) is 0 Å². The standard InChI is InChI=1S/C13H14O4/c1-13(2,15)11-7-9-6-8(12(14)16-3)4-5-10(9)17-11/h4-7,15H,1-3H3. The Bertz CT molecular complexity index is 560. The molecule has 0 saturated heterocycles. The minimum Gasteiger partial charge on any atom is -0.465 e. The van der Waals surface area contributed by atoms with Crippen molar-refractivity contribution >= 4 is 16.9 Å². The molecular weight excluding hydrogens is 220 g/mol. The minimum absolute atomic E-state index is 0.391. The summed E-state index contributed by atoms with van der Waals surface area (Å²) in [5.41, 5.74) is 0.0580. The molecule has 4 heteroatoms. The van der Waals surface area contributed by atoms with Crippen LogP contribution >= 0.6 is 0 Å². The van der Waals surface area contributed by atoms with E-state index < -0.39 is 11.6 Å². The van der Waals surface area contributed by atoms with E-state index in [1.165, 1.54) is 7.11 Å². The van der Waals surface area contributed by atoms with Gasteiger partial charge in [0.25, 0.3) is 0 Å². The van der Waals surface area contributed by atoms with Crippen LogP contribution in [0.3, 0.4) is 0 Å². The van der Waals surface area contributed by atoms with Crippen LogP contribution in [0.5, 0.6) is 0 Å². The Kier molecular flexibility index (Phi) is 2.67. The monoisotopic (exact) mass is 234 g/mol. The fourth-order valence-electron chi connectivity index (χ4n) is 1.59. The molecular formula is C13H14O4. The highest BCUT2D eigenvalue weighted by Gasteiger charge is 2.21. The summed E-state index contributed by atoms with van der Waals surface area (Å²) < 4.78 is 10.1. The summed E-state index contributed by atoms with van der Waals surface area (Å²) in [5.74, 6) is 0.0763. The zero-order valence-corrected chi connectivity index (χ0v) is 9.98. The SMILES string of the molecule is COC(=O)c1ccc2oc(C(C)(C)O)cc2c1. The highest BCUT2D eigenvalue weighted by atomic mass is 16.5. The molecule has 0 amide bonds. The van der Waals surface area contributed by atoms with Crippen molar-refractivity contribution in [1.29, 1.82) is 0 Å².